The summed E-state index contributed by atoms with van der Waals surface area (Å²) >= 11 is 0. The van der Waals surface area contributed by atoms with Gasteiger partial charge in [-0.15, -0.1) is 0 Å². The first-order chi connectivity index (χ1) is 10.0. The second-order valence-electron chi connectivity index (χ2n) is 4.84. The van der Waals surface area contributed by atoms with Crippen LogP contribution in [0.5, 0.6) is 0 Å². The van der Waals surface area contributed by atoms with E-state index in [2.05, 4.69) is 5.32 Å². The molecule has 1 rings (SSSR count). The van der Waals surface area contributed by atoms with Gasteiger partial charge in [0.2, 0.25) is 0 Å². The number of rotatable bonds is 8. The van der Waals surface area contributed by atoms with E-state index in [0.29, 0.717) is 6.61 Å². The van der Waals surface area contributed by atoms with Gasteiger partial charge in [-0.3, -0.25) is 4.79 Å². The summed E-state index contributed by atoms with van der Waals surface area (Å²) in [4.78, 5) is 22.6. The SMILES string of the molecule is COCC(C)C(CC(=O)O)NC(=O)OCc1ccccc1. The Morgan fingerprint density at radius 2 is 1.95 bits per heavy atom. The second-order valence-corrected chi connectivity index (χ2v) is 4.84. The number of benzene rings is 1. The first-order valence-corrected chi connectivity index (χ1v) is 6.71. The molecule has 2 atom stereocenters. The van der Waals surface area contributed by atoms with Crippen LogP contribution in [0.15, 0.2) is 30.3 Å². The zero-order chi connectivity index (χ0) is 15.7. The van der Waals surface area contributed by atoms with Gasteiger partial charge in [0.25, 0.3) is 0 Å². The maximum absolute atomic E-state index is 11.7. The summed E-state index contributed by atoms with van der Waals surface area (Å²) in [6.45, 7) is 2.32. The molecule has 0 fully saturated rings. The van der Waals surface area contributed by atoms with Gasteiger partial charge in [0, 0.05) is 19.1 Å². The Morgan fingerprint density at radius 3 is 2.52 bits per heavy atom. The molecule has 0 aliphatic heterocycles. The maximum atomic E-state index is 11.7. The fourth-order valence-electron chi connectivity index (χ4n) is 1.88. The predicted molar refractivity (Wildman–Crippen MR) is 76.8 cm³/mol. The Balaban J connectivity index is 2.49. The van der Waals surface area contributed by atoms with E-state index >= 15 is 0 Å². The number of carbonyl (C=O) groups is 2. The number of carboxylic acid groups (broad SMARTS) is 1. The first-order valence-electron chi connectivity index (χ1n) is 6.71. The highest BCUT2D eigenvalue weighted by Gasteiger charge is 2.23. The van der Waals surface area contributed by atoms with Gasteiger partial charge in [0.05, 0.1) is 13.0 Å². The van der Waals surface area contributed by atoms with E-state index in [0.717, 1.165) is 5.56 Å². The van der Waals surface area contributed by atoms with Crippen LogP contribution in [-0.2, 0) is 20.9 Å². The van der Waals surface area contributed by atoms with Crippen molar-refractivity contribution in [1.82, 2.24) is 5.32 Å². The molecular weight excluding hydrogens is 274 g/mol. The number of carbonyl (C=O) groups excluding carboxylic acids is 1. The number of ether oxygens (including phenoxy) is 2. The average Bonchev–Trinajstić information content (AvgIpc) is 2.45. The number of hydrogen-bond acceptors (Lipinski definition) is 4. The van der Waals surface area contributed by atoms with Gasteiger partial charge in [-0.05, 0) is 5.56 Å². The fraction of sp³-hybridized carbons (Fsp3) is 0.467. The van der Waals surface area contributed by atoms with Gasteiger partial charge in [-0.25, -0.2) is 4.79 Å². The van der Waals surface area contributed by atoms with E-state index in [1.807, 2.05) is 37.3 Å². The highest BCUT2D eigenvalue weighted by molar-refractivity contribution is 5.71. The number of alkyl carbamates (subject to hydrolysis) is 1. The second kappa shape index (κ2) is 8.97. The van der Waals surface area contributed by atoms with Crippen LogP contribution in [0.2, 0.25) is 0 Å². The molecule has 116 valence electrons. The molecule has 1 aromatic rings. The van der Waals surface area contributed by atoms with E-state index < -0.39 is 18.1 Å². The standard InChI is InChI=1S/C15H21NO5/c1-11(9-20-2)13(8-14(17)18)16-15(19)21-10-12-6-4-3-5-7-12/h3-7,11,13H,8-10H2,1-2H3,(H,16,19)(H,17,18). The van der Waals surface area contributed by atoms with Crippen LogP contribution in [0.3, 0.4) is 0 Å². The summed E-state index contributed by atoms with van der Waals surface area (Å²) < 4.78 is 10.1. The molecule has 6 nitrogen and oxygen atoms in total. The fourth-order valence-corrected chi connectivity index (χ4v) is 1.88. The summed E-state index contributed by atoms with van der Waals surface area (Å²) in [5, 5.41) is 11.5. The zero-order valence-electron chi connectivity index (χ0n) is 12.2. The lowest BCUT2D eigenvalue weighted by Crippen LogP contribution is -2.42. The van der Waals surface area contributed by atoms with E-state index in [4.69, 9.17) is 14.6 Å². The molecule has 1 amide bonds. The smallest absolute Gasteiger partial charge is 0.407 e. The molecule has 0 aromatic heterocycles. The van der Waals surface area contributed by atoms with Crippen LogP contribution >= 0.6 is 0 Å². The van der Waals surface area contributed by atoms with Crippen molar-refractivity contribution in [3.63, 3.8) is 0 Å². The number of carboxylic acids is 1. The predicted octanol–water partition coefficient (Wildman–Crippen LogP) is 2.04. The van der Waals surface area contributed by atoms with Gasteiger partial charge in [0.1, 0.15) is 6.61 Å². The van der Waals surface area contributed by atoms with Crippen molar-refractivity contribution in [2.75, 3.05) is 13.7 Å². The van der Waals surface area contributed by atoms with Crippen LogP contribution in [0.1, 0.15) is 18.9 Å². The molecule has 0 aliphatic carbocycles. The lowest BCUT2D eigenvalue weighted by Gasteiger charge is -2.22. The van der Waals surface area contributed by atoms with E-state index in [1.165, 1.54) is 7.11 Å². The van der Waals surface area contributed by atoms with Crippen LogP contribution in [-0.4, -0.2) is 36.9 Å². The molecule has 2 unspecified atom stereocenters. The summed E-state index contributed by atoms with van der Waals surface area (Å²) in [7, 11) is 1.53. The third-order valence-electron chi connectivity index (χ3n) is 3.03. The molecule has 0 bridgehead atoms. The average molecular weight is 295 g/mol. The molecule has 2 N–H and O–H groups in total. The van der Waals surface area contributed by atoms with Crippen LogP contribution in [0.25, 0.3) is 0 Å². The minimum absolute atomic E-state index is 0.129. The molecule has 0 saturated carbocycles. The number of hydrogen-bond donors (Lipinski definition) is 2. The van der Waals surface area contributed by atoms with Gasteiger partial charge < -0.3 is 19.9 Å². The Hall–Kier alpha value is -2.08. The molecule has 0 aliphatic rings. The van der Waals surface area contributed by atoms with Crippen LogP contribution in [0.4, 0.5) is 4.79 Å². The monoisotopic (exact) mass is 295 g/mol. The maximum Gasteiger partial charge on any atom is 0.407 e. The van der Waals surface area contributed by atoms with Crippen molar-refractivity contribution in [2.45, 2.75) is 26.0 Å². The quantitative estimate of drug-likeness (QED) is 0.766. The highest BCUT2D eigenvalue weighted by atomic mass is 16.5. The zero-order valence-corrected chi connectivity index (χ0v) is 12.2. The molecule has 0 saturated heterocycles. The van der Waals surface area contributed by atoms with Crippen LogP contribution in [0, 0.1) is 5.92 Å². The van der Waals surface area contributed by atoms with Gasteiger partial charge in [0.15, 0.2) is 0 Å². The van der Waals surface area contributed by atoms with E-state index in [1.54, 1.807) is 0 Å². The van der Waals surface area contributed by atoms with Crippen LogP contribution < -0.4 is 5.32 Å². The van der Waals surface area contributed by atoms with Gasteiger partial charge in [-0.1, -0.05) is 37.3 Å². The van der Waals surface area contributed by atoms with Crippen molar-refractivity contribution in [3.8, 4) is 0 Å². The minimum atomic E-state index is -0.980. The number of amides is 1. The molecular formula is C15H21NO5. The third-order valence-corrected chi connectivity index (χ3v) is 3.03. The lowest BCUT2D eigenvalue weighted by molar-refractivity contribution is -0.137. The molecule has 0 heterocycles. The molecule has 0 radical (unpaired) electrons. The Bertz CT molecular complexity index is 449. The summed E-state index contributed by atoms with van der Waals surface area (Å²) in [5.74, 6) is -1.11. The molecule has 6 heteroatoms. The minimum Gasteiger partial charge on any atom is -0.481 e. The van der Waals surface area contributed by atoms with Crippen molar-refractivity contribution in [1.29, 1.82) is 0 Å². The summed E-state index contributed by atoms with van der Waals surface area (Å²) in [6, 6.07) is 8.73. The van der Waals surface area contributed by atoms with Crippen molar-refractivity contribution in [2.24, 2.45) is 5.92 Å². The lowest BCUT2D eigenvalue weighted by atomic mass is 10.00. The summed E-state index contributed by atoms with van der Waals surface area (Å²) in [5.41, 5.74) is 0.868. The van der Waals surface area contributed by atoms with Crippen molar-refractivity contribution >= 4 is 12.1 Å². The number of methoxy groups -OCH3 is 1. The number of nitrogens with one attached hydrogen (secondary N) is 1. The molecule has 1 aromatic carbocycles. The largest absolute Gasteiger partial charge is 0.481 e. The Kier molecular flexibility index (Phi) is 7.25. The van der Waals surface area contributed by atoms with E-state index in [9.17, 15) is 9.59 Å². The highest BCUT2D eigenvalue weighted by Crippen LogP contribution is 2.09. The third kappa shape index (κ3) is 6.76. The van der Waals surface area contributed by atoms with Gasteiger partial charge >= 0.3 is 12.1 Å². The Labute approximate surface area is 124 Å². The topological polar surface area (TPSA) is 84.9 Å². The molecule has 0 spiro atoms. The van der Waals surface area contributed by atoms with Crippen molar-refractivity contribution < 1.29 is 24.2 Å². The van der Waals surface area contributed by atoms with Gasteiger partial charge in [-0.2, -0.15) is 0 Å². The molecule has 21 heavy (non-hydrogen) atoms. The Morgan fingerprint density at radius 1 is 1.29 bits per heavy atom. The van der Waals surface area contributed by atoms with Crippen molar-refractivity contribution in [3.05, 3.63) is 35.9 Å². The summed E-state index contributed by atoms with van der Waals surface area (Å²) in [6.07, 6.45) is -0.807. The normalized spacial score (nSPS) is 13.2. The van der Waals surface area contributed by atoms with E-state index in [-0.39, 0.29) is 18.9 Å². The first kappa shape index (κ1) is 17.0. The number of aliphatic carboxylic acids is 1.